The minimum Gasteiger partial charge on any atom is -0.496 e. The van der Waals surface area contributed by atoms with Crippen LogP contribution in [-0.4, -0.2) is 22.8 Å². The molecule has 0 fully saturated rings. The van der Waals surface area contributed by atoms with Crippen LogP contribution < -0.4 is 15.5 Å². The molecule has 1 amide bonds. The summed E-state index contributed by atoms with van der Waals surface area (Å²) in [6.07, 6.45) is 0. The van der Waals surface area contributed by atoms with Gasteiger partial charge in [0.15, 0.2) is 0 Å². The van der Waals surface area contributed by atoms with E-state index in [-0.39, 0.29) is 28.4 Å². The maximum absolute atomic E-state index is 13.3. The summed E-state index contributed by atoms with van der Waals surface area (Å²) in [5, 5.41) is 9.66. The van der Waals surface area contributed by atoms with Crippen LogP contribution in [0, 0.1) is 6.92 Å². The average Bonchev–Trinajstić information content (AvgIpc) is 3.31. The van der Waals surface area contributed by atoms with Gasteiger partial charge in [-0.3, -0.25) is 9.59 Å². The number of aryl methyl sites for hydroxylation is 1. The smallest absolute Gasteiger partial charge is 0.266 e. The number of para-hydroxylation sites is 1. The predicted octanol–water partition coefficient (Wildman–Crippen LogP) is 5.18. The molecule has 156 valence electrons. The van der Waals surface area contributed by atoms with Crippen molar-refractivity contribution < 1.29 is 9.53 Å². The third-order valence-corrected chi connectivity index (χ3v) is 5.76. The quantitative estimate of drug-likeness (QED) is 0.453. The molecule has 0 spiro atoms. The van der Waals surface area contributed by atoms with Crippen molar-refractivity contribution in [1.29, 1.82) is 0 Å². The Balaban J connectivity index is 2.03. The van der Waals surface area contributed by atoms with Crippen LogP contribution >= 0.6 is 22.9 Å². The number of aromatic nitrogens is 2. The minimum atomic E-state index is -0.341. The van der Waals surface area contributed by atoms with Gasteiger partial charge in [-0.25, -0.2) is 4.68 Å². The molecule has 2 aromatic heterocycles. The van der Waals surface area contributed by atoms with Crippen molar-refractivity contribution in [3.63, 3.8) is 0 Å². The summed E-state index contributed by atoms with van der Waals surface area (Å²) in [5.74, 6) is 0.405. The largest absolute Gasteiger partial charge is 0.496 e. The van der Waals surface area contributed by atoms with E-state index in [2.05, 4.69) is 10.4 Å². The molecule has 0 radical (unpaired) electrons. The van der Waals surface area contributed by atoms with Gasteiger partial charge < -0.3 is 10.1 Å². The Bertz CT molecular complexity index is 1320. The Morgan fingerprint density at radius 2 is 1.94 bits per heavy atom. The molecule has 1 N–H and O–H groups in total. The van der Waals surface area contributed by atoms with Crippen LogP contribution in [0.3, 0.4) is 0 Å². The zero-order valence-electron chi connectivity index (χ0n) is 16.8. The van der Waals surface area contributed by atoms with Crippen molar-refractivity contribution >= 4 is 34.7 Å². The summed E-state index contributed by atoms with van der Waals surface area (Å²) < 4.78 is 7.01. The minimum absolute atomic E-state index is 0.237. The van der Waals surface area contributed by atoms with Crippen LogP contribution in [0.15, 0.2) is 70.8 Å². The number of amides is 1. The maximum Gasteiger partial charge on any atom is 0.266 e. The number of anilines is 1. The molecule has 2 aromatic carbocycles. The molecular weight excluding hydrogens is 434 g/mol. The number of thiophene rings is 1. The number of hydrogen-bond donors (Lipinski definition) is 1. The van der Waals surface area contributed by atoms with Gasteiger partial charge in [-0.2, -0.15) is 5.10 Å². The van der Waals surface area contributed by atoms with Crippen molar-refractivity contribution in [2.75, 3.05) is 12.4 Å². The molecule has 2 heterocycles. The highest BCUT2D eigenvalue weighted by Crippen LogP contribution is 2.34. The molecule has 4 rings (SSSR count). The van der Waals surface area contributed by atoms with E-state index in [1.807, 2.05) is 17.5 Å². The zero-order chi connectivity index (χ0) is 22.0. The zero-order valence-corrected chi connectivity index (χ0v) is 18.3. The molecule has 0 aliphatic carbocycles. The van der Waals surface area contributed by atoms with E-state index in [0.717, 1.165) is 0 Å². The van der Waals surface area contributed by atoms with Crippen LogP contribution in [0.1, 0.15) is 15.4 Å². The number of halogens is 1. The fourth-order valence-electron chi connectivity index (χ4n) is 3.23. The molecule has 6 nitrogen and oxygen atoms in total. The lowest BCUT2D eigenvalue weighted by Gasteiger charge is -2.19. The summed E-state index contributed by atoms with van der Waals surface area (Å²) in [5.41, 5.74) is 1.42. The van der Waals surface area contributed by atoms with E-state index in [1.165, 1.54) is 23.1 Å². The molecule has 4 aromatic rings. The van der Waals surface area contributed by atoms with E-state index in [4.69, 9.17) is 16.3 Å². The number of carbonyl (C=O) groups excluding carboxylic acids is 1. The standard InChI is InChI=1S/C23H18ClN3O3S/c1-14-21(28)20(17-9-3-4-10-18(17)30-2)22(25-23(29)19-11-6-12-31-19)27(26-14)16-8-5-7-15(24)13-16/h3-13H,1-2H3,(H,25,29). The molecule has 0 saturated carbocycles. The van der Waals surface area contributed by atoms with Gasteiger partial charge in [-0.1, -0.05) is 41.9 Å². The first kappa shape index (κ1) is 20.8. The third-order valence-electron chi connectivity index (χ3n) is 4.66. The molecule has 8 heteroatoms. The van der Waals surface area contributed by atoms with Crippen molar-refractivity contribution in [3.05, 3.63) is 91.9 Å². The number of nitrogens with zero attached hydrogens (tertiary/aromatic N) is 2. The average molecular weight is 452 g/mol. The fourth-order valence-corrected chi connectivity index (χ4v) is 4.03. The van der Waals surface area contributed by atoms with Crippen molar-refractivity contribution in [2.45, 2.75) is 6.92 Å². The van der Waals surface area contributed by atoms with Gasteiger partial charge in [0.1, 0.15) is 17.3 Å². The van der Waals surface area contributed by atoms with E-state index >= 15 is 0 Å². The molecule has 0 aliphatic rings. The lowest BCUT2D eigenvalue weighted by molar-refractivity contribution is 0.102. The highest BCUT2D eigenvalue weighted by molar-refractivity contribution is 7.12. The Labute approximate surface area is 187 Å². The summed E-state index contributed by atoms with van der Waals surface area (Å²) in [6, 6.07) is 17.7. The van der Waals surface area contributed by atoms with Gasteiger partial charge in [-0.15, -0.1) is 11.3 Å². The van der Waals surface area contributed by atoms with Crippen LogP contribution in [0.5, 0.6) is 5.75 Å². The van der Waals surface area contributed by atoms with Gasteiger partial charge >= 0.3 is 0 Å². The van der Waals surface area contributed by atoms with Gasteiger partial charge in [0, 0.05) is 10.6 Å². The van der Waals surface area contributed by atoms with E-state index in [0.29, 0.717) is 26.9 Å². The third kappa shape index (κ3) is 4.10. The maximum atomic E-state index is 13.3. The van der Waals surface area contributed by atoms with Gasteiger partial charge in [0.05, 0.1) is 23.2 Å². The lowest BCUT2D eigenvalue weighted by Crippen LogP contribution is -2.24. The monoisotopic (exact) mass is 451 g/mol. The van der Waals surface area contributed by atoms with Crippen molar-refractivity contribution in [3.8, 4) is 22.6 Å². The highest BCUT2D eigenvalue weighted by Gasteiger charge is 2.23. The SMILES string of the molecule is COc1ccccc1-c1c(NC(=O)c2cccs2)n(-c2cccc(Cl)c2)nc(C)c1=O. The van der Waals surface area contributed by atoms with Crippen LogP contribution in [0.2, 0.25) is 5.02 Å². The number of ether oxygens (including phenoxy) is 1. The summed E-state index contributed by atoms with van der Waals surface area (Å²) in [6.45, 7) is 1.63. The highest BCUT2D eigenvalue weighted by atomic mass is 35.5. The lowest BCUT2D eigenvalue weighted by atomic mass is 10.0. The number of benzene rings is 2. The molecule has 0 saturated heterocycles. The Morgan fingerprint density at radius 1 is 1.13 bits per heavy atom. The van der Waals surface area contributed by atoms with Crippen LogP contribution in [0.4, 0.5) is 5.82 Å². The Morgan fingerprint density at radius 3 is 2.65 bits per heavy atom. The first-order valence-corrected chi connectivity index (χ1v) is 10.6. The van der Waals surface area contributed by atoms with Crippen LogP contribution in [-0.2, 0) is 0 Å². The van der Waals surface area contributed by atoms with E-state index < -0.39 is 0 Å². The van der Waals surface area contributed by atoms with Crippen molar-refractivity contribution in [2.24, 2.45) is 0 Å². The van der Waals surface area contributed by atoms with Gasteiger partial charge in [0.2, 0.25) is 5.43 Å². The second-order valence-corrected chi connectivity index (χ2v) is 8.05. The Hall–Kier alpha value is -3.42. The molecule has 0 atom stereocenters. The fraction of sp³-hybridized carbons (Fsp3) is 0.0870. The van der Waals surface area contributed by atoms with Crippen LogP contribution in [0.25, 0.3) is 16.8 Å². The van der Waals surface area contributed by atoms with E-state index in [1.54, 1.807) is 55.5 Å². The van der Waals surface area contributed by atoms with Gasteiger partial charge in [0.25, 0.3) is 5.91 Å². The predicted molar refractivity (Wildman–Crippen MR) is 124 cm³/mol. The number of rotatable bonds is 5. The molecular formula is C23H18ClN3O3S. The number of methoxy groups -OCH3 is 1. The van der Waals surface area contributed by atoms with E-state index in [9.17, 15) is 9.59 Å². The number of hydrogen-bond acceptors (Lipinski definition) is 5. The molecule has 0 aliphatic heterocycles. The Kier molecular flexibility index (Phi) is 5.88. The first-order valence-electron chi connectivity index (χ1n) is 9.37. The number of carbonyl (C=O) groups is 1. The number of nitrogens with one attached hydrogen (secondary N) is 1. The first-order chi connectivity index (χ1) is 15.0. The molecule has 0 bridgehead atoms. The van der Waals surface area contributed by atoms with Gasteiger partial charge in [-0.05, 0) is 42.6 Å². The van der Waals surface area contributed by atoms with Crippen molar-refractivity contribution in [1.82, 2.24) is 9.78 Å². The second-order valence-electron chi connectivity index (χ2n) is 6.66. The normalized spacial score (nSPS) is 10.7. The summed E-state index contributed by atoms with van der Waals surface area (Å²) in [7, 11) is 1.53. The molecule has 31 heavy (non-hydrogen) atoms. The summed E-state index contributed by atoms with van der Waals surface area (Å²) >= 11 is 7.51. The second kappa shape index (κ2) is 8.75. The summed E-state index contributed by atoms with van der Waals surface area (Å²) in [4.78, 5) is 26.7. The molecule has 0 unspecified atom stereocenters. The topological polar surface area (TPSA) is 73.2 Å².